The quantitative estimate of drug-likeness (QED) is 0.857. The molecule has 142 valence electrons. The maximum atomic E-state index is 12.3. The van der Waals surface area contributed by atoms with E-state index in [4.69, 9.17) is 0 Å². The summed E-state index contributed by atoms with van der Waals surface area (Å²) in [7, 11) is 0. The van der Waals surface area contributed by atoms with Gasteiger partial charge in [0.05, 0.1) is 12.5 Å². The summed E-state index contributed by atoms with van der Waals surface area (Å²) < 4.78 is 0. The molecule has 1 aliphatic heterocycles. The van der Waals surface area contributed by atoms with Crippen LogP contribution in [0.4, 0.5) is 5.69 Å². The summed E-state index contributed by atoms with van der Waals surface area (Å²) in [4.78, 5) is 28.4. The van der Waals surface area contributed by atoms with E-state index in [9.17, 15) is 9.59 Å². The van der Waals surface area contributed by atoms with Crippen LogP contribution in [0.5, 0.6) is 0 Å². The summed E-state index contributed by atoms with van der Waals surface area (Å²) in [5.74, 6) is -0.266. The van der Waals surface area contributed by atoms with Gasteiger partial charge in [-0.05, 0) is 61.1 Å². The Kier molecular flexibility index (Phi) is 5.37. The average Bonchev–Trinajstić information content (AvgIpc) is 2.71. The van der Waals surface area contributed by atoms with E-state index in [0.717, 1.165) is 53.8 Å². The van der Waals surface area contributed by atoms with Gasteiger partial charge in [0, 0.05) is 29.6 Å². The molecule has 0 fully saturated rings. The standard InChI is InChI=1S/C22H22N4O2/c27-21(14-16-7-3-4-11-23-16)24-17-8-5-6-15(12-17)13-20-18-9-1-2-10-19(18)22(28)26-25-20/h3-8,11-12,20H,1-2,9-10,13-14H2,(H,24,27). The Bertz CT molecular complexity index is 950. The number of amides is 2. The molecule has 2 aromatic rings. The molecule has 0 spiro atoms. The molecule has 0 radical (unpaired) electrons. The van der Waals surface area contributed by atoms with Gasteiger partial charge < -0.3 is 5.32 Å². The number of carbonyl (C=O) groups excluding carboxylic acids is 2. The predicted octanol–water partition coefficient (Wildman–Crippen LogP) is 4.04. The number of hydrogen-bond acceptors (Lipinski definition) is 4. The van der Waals surface area contributed by atoms with Crippen molar-refractivity contribution in [3.05, 3.63) is 71.1 Å². The molecular formula is C22H22N4O2. The zero-order valence-corrected chi connectivity index (χ0v) is 15.6. The van der Waals surface area contributed by atoms with Gasteiger partial charge in [-0.1, -0.05) is 18.2 Å². The third-order valence-corrected chi connectivity index (χ3v) is 5.17. The second-order valence-corrected chi connectivity index (χ2v) is 7.20. The van der Waals surface area contributed by atoms with Crippen LogP contribution >= 0.6 is 0 Å². The molecule has 1 unspecified atom stereocenters. The third kappa shape index (κ3) is 4.22. The van der Waals surface area contributed by atoms with E-state index >= 15 is 0 Å². The molecule has 2 aliphatic rings. The number of azo groups is 1. The van der Waals surface area contributed by atoms with Crippen LogP contribution in [0.25, 0.3) is 0 Å². The molecule has 28 heavy (non-hydrogen) atoms. The fraction of sp³-hybridized carbons (Fsp3) is 0.318. The molecule has 0 saturated carbocycles. The van der Waals surface area contributed by atoms with E-state index in [1.807, 2.05) is 42.5 Å². The summed E-state index contributed by atoms with van der Waals surface area (Å²) in [6.45, 7) is 0. The number of rotatable bonds is 5. The number of pyridine rings is 1. The average molecular weight is 374 g/mol. The molecule has 1 aliphatic carbocycles. The highest BCUT2D eigenvalue weighted by Crippen LogP contribution is 2.33. The molecule has 2 amide bonds. The fourth-order valence-corrected chi connectivity index (χ4v) is 3.83. The summed E-state index contributed by atoms with van der Waals surface area (Å²) in [5.41, 5.74) is 4.56. The number of aromatic nitrogens is 1. The van der Waals surface area contributed by atoms with Crippen LogP contribution in [0.3, 0.4) is 0 Å². The molecule has 0 bridgehead atoms. The van der Waals surface area contributed by atoms with Gasteiger partial charge in [-0.3, -0.25) is 14.6 Å². The van der Waals surface area contributed by atoms with Gasteiger partial charge in [-0.15, -0.1) is 5.11 Å². The first-order chi connectivity index (χ1) is 13.7. The second kappa shape index (κ2) is 8.25. The van der Waals surface area contributed by atoms with Gasteiger partial charge in [-0.2, -0.15) is 5.11 Å². The molecule has 1 aromatic heterocycles. The topological polar surface area (TPSA) is 83.8 Å². The van der Waals surface area contributed by atoms with E-state index in [1.54, 1.807) is 6.20 Å². The zero-order valence-electron chi connectivity index (χ0n) is 15.6. The summed E-state index contributed by atoms with van der Waals surface area (Å²) in [6, 6.07) is 13.2. The minimum atomic E-state index is -0.165. The van der Waals surface area contributed by atoms with Gasteiger partial charge >= 0.3 is 0 Å². The van der Waals surface area contributed by atoms with Crippen molar-refractivity contribution in [3.8, 4) is 0 Å². The number of benzene rings is 1. The lowest BCUT2D eigenvalue weighted by molar-refractivity contribution is -0.116. The lowest BCUT2D eigenvalue weighted by atomic mass is 9.84. The normalized spacial score (nSPS) is 18.7. The molecule has 1 N–H and O–H groups in total. The lowest BCUT2D eigenvalue weighted by Gasteiger charge is -2.25. The molecule has 1 aromatic carbocycles. The monoisotopic (exact) mass is 374 g/mol. The molecule has 1 atom stereocenters. The highest BCUT2D eigenvalue weighted by atomic mass is 16.2. The van der Waals surface area contributed by atoms with Crippen LogP contribution in [0.15, 0.2) is 70.0 Å². The predicted molar refractivity (Wildman–Crippen MR) is 106 cm³/mol. The SMILES string of the molecule is O=C(Cc1ccccn1)Nc1cccc(CC2N=NC(=O)C3=C2CCCC3)c1. The number of nitrogens with one attached hydrogen (secondary N) is 1. The Hall–Kier alpha value is -3.15. The first-order valence-corrected chi connectivity index (χ1v) is 9.65. The first-order valence-electron chi connectivity index (χ1n) is 9.65. The lowest BCUT2D eigenvalue weighted by Crippen LogP contribution is -2.23. The van der Waals surface area contributed by atoms with Gasteiger partial charge in [0.25, 0.3) is 5.91 Å². The van der Waals surface area contributed by atoms with Crippen molar-refractivity contribution in [3.63, 3.8) is 0 Å². The van der Waals surface area contributed by atoms with Crippen molar-refractivity contribution in [2.45, 2.75) is 44.6 Å². The van der Waals surface area contributed by atoms with E-state index in [1.165, 1.54) is 0 Å². The summed E-state index contributed by atoms with van der Waals surface area (Å²) in [6.07, 6.45) is 6.48. The Labute approximate surface area is 163 Å². The highest BCUT2D eigenvalue weighted by Gasteiger charge is 2.28. The molecule has 6 heteroatoms. The van der Waals surface area contributed by atoms with Crippen LogP contribution < -0.4 is 5.32 Å². The van der Waals surface area contributed by atoms with Gasteiger partial charge in [0.15, 0.2) is 0 Å². The summed E-state index contributed by atoms with van der Waals surface area (Å²) in [5, 5.41) is 11.1. The number of carbonyl (C=O) groups is 2. The Balaban J connectivity index is 1.44. The minimum absolute atomic E-state index is 0.0764. The van der Waals surface area contributed by atoms with Gasteiger partial charge in [0.1, 0.15) is 0 Å². The maximum Gasteiger partial charge on any atom is 0.291 e. The molecule has 6 nitrogen and oxygen atoms in total. The largest absolute Gasteiger partial charge is 0.326 e. The molecule has 4 rings (SSSR count). The van der Waals surface area contributed by atoms with E-state index in [2.05, 4.69) is 20.5 Å². The van der Waals surface area contributed by atoms with Crippen molar-refractivity contribution in [2.75, 3.05) is 5.32 Å². The van der Waals surface area contributed by atoms with Gasteiger partial charge in [0.2, 0.25) is 5.91 Å². The van der Waals surface area contributed by atoms with Crippen molar-refractivity contribution >= 4 is 17.5 Å². The number of anilines is 1. The van der Waals surface area contributed by atoms with Gasteiger partial charge in [-0.25, -0.2) is 0 Å². The molecule has 2 heterocycles. The Morgan fingerprint density at radius 2 is 2.00 bits per heavy atom. The van der Waals surface area contributed by atoms with Crippen LogP contribution in [-0.4, -0.2) is 22.8 Å². The second-order valence-electron chi connectivity index (χ2n) is 7.20. The van der Waals surface area contributed by atoms with E-state index < -0.39 is 0 Å². The van der Waals surface area contributed by atoms with Crippen LogP contribution in [0, 0.1) is 0 Å². The van der Waals surface area contributed by atoms with Crippen LogP contribution in [0.1, 0.15) is 36.9 Å². The minimum Gasteiger partial charge on any atom is -0.326 e. The Morgan fingerprint density at radius 3 is 2.86 bits per heavy atom. The van der Waals surface area contributed by atoms with Crippen LogP contribution in [-0.2, 0) is 22.4 Å². The molecular weight excluding hydrogens is 352 g/mol. The highest BCUT2D eigenvalue weighted by molar-refractivity contribution is 5.95. The zero-order chi connectivity index (χ0) is 19.3. The van der Waals surface area contributed by atoms with Crippen molar-refractivity contribution in [1.82, 2.24) is 4.98 Å². The smallest absolute Gasteiger partial charge is 0.291 e. The molecule has 0 saturated heterocycles. The first kappa shape index (κ1) is 18.2. The fourth-order valence-electron chi connectivity index (χ4n) is 3.83. The van der Waals surface area contributed by atoms with Crippen molar-refractivity contribution in [1.29, 1.82) is 0 Å². The Morgan fingerprint density at radius 1 is 1.11 bits per heavy atom. The van der Waals surface area contributed by atoms with E-state index in [0.29, 0.717) is 6.42 Å². The van der Waals surface area contributed by atoms with E-state index in [-0.39, 0.29) is 24.3 Å². The summed E-state index contributed by atoms with van der Waals surface area (Å²) >= 11 is 0. The third-order valence-electron chi connectivity index (χ3n) is 5.17. The van der Waals surface area contributed by atoms with Crippen molar-refractivity contribution in [2.24, 2.45) is 10.2 Å². The number of hydrogen-bond donors (Lipinski definition) is 1. The van der Waals surface area contributed by atoms with Crippen LogP contribution in [0.2, 0.25) is 0 Å². The van der Waals surface area contributed by atoms with Crippen molar-refractivity contribution < 1.29 is 9.59 Å². The maximum absolute atomic E-state index is 12.3. The number of nitrogens with zero attached hydrogens (tertiary/aromatic N) is 3.